The van der Waals surface area contributed by atoms with Crippen molar-refractivity contribution in [2.75, 3.05) is 25.5 Å². The highest BCUT2D eigenvalue weighted by Gasteiger charge is 2.22. The first-order chi connectivity index (χ1) is 10.7. The zero-order valence-electron chi connectivity index (χ0n) is 12.5. The second kappa shape index (κ2) is 6.94. The summed E-state index contributed by atoms with van der Waals surface area (Å²) in [7, 11) is 1.61. The maximum absolute atomic E-state index is 5.92. The van der Waals surface area contributed by atoms with E-state index >= 15 is 0 Å². The molecule has 5 nitrogen and oxygen atoms in total. The molecule has 0 aliphatic carbocycles. The fourth-order valence-electron chi connectivity index (χ4n) is 2.68. The van der Waals surface area contributed by atoms with Crippen molar-refractivity contribution in [2.24, 2.45) is 0 Å². The van der Waals surface area contributed by atoms with Gasteiger partial charge in [0, 0.05) is 36.8 Å². The molecule has 1 saturated heterocycles. The van der Waals surface area contributed by atoms with Crippen molar-refractivity contribution in [3.05, 3.63) is 47.2 Å². The molecular formula is C16H19ClN4O. The van der Waals surface area contributed by atoms with Crippen LogP contribution in [0, 0.1) is 0 Å². The molecule has 1 aliphatic rings. The summed E-state index contributed by atoms with van der Waals surface area (Å²) in [6.45, 7) is 3.01. The fraction of sp³-hybridized carbons (Fsp3) is 0.375. The van der Waals surface area contributed by atoms with E-state index in [0.717, 1.165) is 36.9 Å². The molecule has 2 aromatic rings. The highest BCUT2D eigenvalue weighted by molar-refractivity contribution is 6.30. The third-order valence-corrected chi connectivity index (χ3v) is 4.05. The molecule has 0 spiro atoms. The van der Waals surface area contributed by atoms with Gasteiger partial charge in [-0.15, -0.1) is 0 Å². The molecule has 0 bridgehead atoms. The van der Waals surface area contributed by atoms with Gasteiger partial charge in [0.05, 0.1) is 7.11 Å². The molecule has 1 aromatic heterocycles. The highest BCUT2D eigenvalue weighted by Crippen LogP contribution is 2.19. The molecule has 1 unspecified atom stereocenters. The fourth-order valence-corrected chi connectivity index (χ4v) is 2.81. The summed E-state index contributed by atoms with van der Waals surface area (Å²) >= 11 is 5.92. The SMILES string of the molecule is COc1cc(NC2CCN(Cc3ccc(Cl)cc3)C2)ncn1. The Labute approximate surface area is 135 Å². The smallest absolute Gasteiger partial charge is 0.218 e. The number of aromatic nitrogens is 2. The Balaban J connectivity index is 1.54. The van der Waals surface area contributed by atoms with Gasteiger partial charge in [-0.05, 0) is 24.1 Å². The zero-order valence-corrected chi connectivity index (χ0v) is 13.3. The molecule has 0 saturated carbocycles. The van der Waals surface area contributed by atoms with Crippen LogP contribution in [-0.4, -0.2) is 41.1 Å². The molecule has 1 fully saturated rings. The number of likely N-dealkylation sites (tertiary alicyclic amines) is 1. The molecule has 0 amide bonds. The van der Waals surface area contributed by atoms with Gasteiger partial charge in [0.15, 0.2) is 0 Å². The first-order valence-electron chi connectivity index (χ1n) is 7.32. The maximum Gasteiger partial charge on any atom is 0.218 e. The van der Waals surface area contributed by atoms with Crippen LogP contribution < -0.4 is 10.1 Å². The summed E-state index contributed by atoms with van der Waals surface area (Å²) in [5.41, 5.74) is 1.29. The van der Waals surface area contributed by atoms with Crippen molar-refractivity contribution in [3.63, 3.8) is 0 Å². The van der Waals surface area contributed by atoms with Crippen molar-refractivity contribution in [1.29, 1.82) is 0 Å². The number of nitrogens with one attached hydrogen (secondary N) is 1. The molecule has 1 N–H and O–H groups in total. The van der Waals surface area contributed by atoms with Crippen molar-refractivity contribution in [1.82, 2.24) is 14.9 Å². The minimum Gasteiger partial charge on any atom is -0.481 e. The topological polar surface area (TPSA) is 50.3 Å². The monoisotopic (exact) mass is 318 g/mol. The summed E-state index contributed by atoms with van der Waals surface area (Å²) in [6.07, 6.45) is 2.61. The molecule has 0 radical (unpaired) electrons. The van der Waals surface area contributed by atoms with Crippen LogP contribution in [0.4, 0.5) is 5.82 Å². The third kappa shape index (κ3) is 3.87. The Hall–Kier alpha value is -1.85. The van der Waals surface area contributed by atoms with Crippen molar-refractivity contribution >= 4 is 17.4 Å². The Kier molecular flexibility index (Phi) is 4.75. The standard InChI is InChI=1S/C16H19ClN4O/c1-22-16-8-15(18-11-19-16)20-14-6-7-21(10-14)9-12-2-4-13(17)5-3-12/h2-5,8,11,14H,6-7,9-10H2,1H3,(H,18,19,20). The average molecular weight is 319 g/mol. The lowest BCUT2D eigenvalue weighted by molar-refractivity contribution is 0.328. The average Bonchev–Trinajstić information content (AvgIpc) is 2.97. The molecule has 6 heteroatoms. The van der Waals surface area contributed by atoms with Crippen molar-refractivity contribution < 1.29 is 4.74 Å². The quantitative estimate of drug-likeness (QED) is 0.918. The van der Waals surface area contributed by atoms with Crippen LogP contribution >= 0.6 is 11.6 Å². The van der Waals surface area contributed by atoms with Crippen molar-refractivity contribution in [2.45, 2.75) is 19.0 Å². The number of benzene rings is 1. The Morgan fingerprint density at radius 1 is 1.32 bits per heavy atom. The Morgan fingerprint density at radius 2 is 2.14 bits per heavy atom. The normalized spacial score (nSPS) is 18.4. The largest absolute Gasteiger partial charge is 0.481 e. The predicted molar refractivity (Wildman–Crippen MR) is 87.3 cm³/mol. The molecule has 116 valence electrons. The number of ether oxygens (including phenoxy) is 1. The molecular weight excluding hydrogens is 300 g/mol. The summed E-state index contributed by atoms with van der Waals surface area (Å²) in [4.78, 5) is 10.7. The maximum atomic E-state index is 5.92. The molecule has 2 heterocycles. The van der Waals surface area contributed by atoms with Gasteiger partial charge in [-0.25, -0.2) is 9.97 Å². The van der Waals surface area contributed by atoms with Gasteiger partial charge < -0.3 is 10.1 Å². The number of rotatable bonds is 5. The van der Waals surface area contributed by atoms with E-state index in [0.29, 0.717) is 11.9 Å². The minimum atomic E-state index is 0.395. The second-order valence-electron chi connectivity index (χ2n) is 5.44. The first-order valence-corrected chi connectivity index (χ1v) is 7.70. The number of anilines is 1. The minimum absolute atomic E-state index is 0.395. The molecule has 1 aliphatic heterocycles. The van der Waals surface area contributed by atoms with Crippen LogP contribution in [-0.2, 0) is 6.54 Å². The van der Waals surface area contributed by atoms with Gasteiger partial charge in [-0.1, -0.05) is 23.7 Å². The number of methoxy groups -OCH3 is 1. The number of halogens is 1. The predicted octanol–water partition coefficient (Wildman–Crippen LogP) is 2.83. The van der Waals surface area contributed by atoms with Crippen LogP contribution in [0.25, 0.3) is 0 Å². The van der Waals surface area contributed by atoms with Gasteiger partial charge >= 0.3 is 0 Å². The third-order valence-electron chi connectivity index (χ3n) is 3.79. The van der Waals surface area contributed by atoms with Crippen LogP contribution in [0.1, 0.15) is 12.0 Å². The van der Waals surface area contributed by atoms with Crippen LogP contribution in [0.3, 0.4) is 0 Å². The number of nitrogens with zero attached hydrogens (tertiary/aromatic N) is 3. The van der Waals surface area contributed by atoms with Gasteiger partial charge in [-0.3, -0.25) is 4.90 Å². The van der Waals surface area contributed by atoms with Gasteiger partial charge in [0.1, 0.15) is 12.1 Å². The van der Waals surface area contributed by atoms with Crippen molar-refractivity contribution in [3.8, 4) is 5.88 Å². The van der Waals surface area contributed by atoms with E-state index in [4.69, 9.17) is 16.3 Å². The van der Waals surface area contributed by atoms with E-state index in [-0.39, 0.29) is 0 Å². The highest BCUT2D eigenvalue weighted by atomic mass is 35.5. The summed E-state index contributed by atoms with van der Waals surface area (Å²) in [6, 6.07) is 10.3. The summed E-state index contributed by atoms with van der Waals surface area (Å²) < 4.78 is 5.12. The molecule has 1 aromatic carbocycles. The first kappa shape index (κ1) is 15.1. The number of hydrogen-bond donors (Lipinski definition) is 1. The number of hydrogen-bond acceptors (Lipinski definition) is 5. The van der Waals surface area contributed by atoms with E-state index in [2.05, 4.69) is 32.3 Å². The van der Waals surface area contributed by atoms with E-state index in [1.807, 2.05) is 18.2 Å². The van der Waals surface area contributed by atoms with E-state index in [1.54, 1.807) is 7.11 Å². The lowest BCUT2D eigenvalue weighted by atomic mass is 10.2. The van der Waals surface area contributed by atoms with Crippen LogP contribution in [0.15, 0.2) is 36.7 Å². The van der Waals surface area contributed by atoms with E-state index in [9.17, 15) is 0 Å². The zero-order chi connectivity index (χ0) is 15.4. The van der Waals surface area contributed by atoms with Gasteiger partial charge in [0.25, 0.3) is 0 Å². The summed E-state index contributed by atoms with van der Waals surface area (Å²) in [5, 5.41) is 4.23. The lowest BCUT2D eigenvalue weighted by Gasteiger charge is -2.17. The Morgan fingerprint density at radius 3 is 2.91 bits per heavy atom. The van der Waals surface area contributed by atoms with Gasteiger partial charge in [0.2, 0.25) is 5.88 Å². The second-order valence-corrected chi connectivity index (χ2v) is 5.87. The summed E-state index contributed by atoms with van der Waals surface area (Å²) in [5.74, 6) is 1.39. The molecule has 22 heavy (non-hydrogen) atoms. The van der Waals surface area contributed by atoms with Crippen LogP contribution in [0.5, 0.6) is 5.88 Å². The molecule has 3 rings (SSSR count). The Bertz CT molecular complexity index is 620. The lowest BCUT2D eigenvalue weighted by Crippen LogP contribution is -2.26. The van der Waals surface area contributed by atoms with E-state index < -0.39 is 0 Å². The van der Waals surface area contributed by atoms with E-state index in [1.165, 1.54) is 11.9 Å². The molecule has 1 atom stereocenters. The van der Waals surface area contributed by atoms with Gasteiger partial charge in [-0.2, -0.15) is 0 Å². The van der Waals surface area contributed by atoms with Crippen LogP contribution in [0.2, 0.25) is 5.02 Å².